The molecule has 0 bridgehead atoms. The first-order chi connectivity index (χ1) is 12.8. The van der Waals surface area contributed by atoms with Gasteiger partial charge in [-0.15, -0.1) is 0 Å². The fraction of sp³-hybridized carbons (Fsp3) is 0.278. The molecule has 0 amide bonds. The molecule has 2 aromatic carbocycles. The zero-order valence-electron chi connectivity index (χ0n) is 14.1. The normalized spacial score (nSPS) is 14.5. The number of hydrogen-bond acceptors (Lipinski definition) is 3. The van der Waals surface area contributed by atoms with Gasteiger partial charge in [0.15, 0.2) is 0 Å². The SMILES string of the molecule is COc1ccc(Cl)c2nc3n(c12)CCCN3c1ccc(Cl)cc1C(F)(F)F. The first-order valence-electron chi connectivity index (χ1n) is 8.18. The van der Waals surface area contributed by atoms with Crippen LogP contribution < -0.4 is 9.64 Å². The van der Waals surface area contributed by atoms with Gasteiger partial charge in [-0.1, -0.05) is 23.2 Å². The summed E-state index contributed by atoms with van der Waals surface area (Å²) in [6, 6.07) is 7.14. The lowest BCUT2D eigenvalue weighted by Crippen LogP contribution is -2.30. The molecule has 1 aliphatic heterocycles. The smallest absolute Gasteiger partial charge is 0.418 e. The number of aromatic nitrogens is 2. The number of imidazole rings is 1. The predicted molar refractivity (Wildman–Crippen MR) is 99.4 cm³/mol. The number of alkyl halides is 3. The summed E-state index contributed by atoms with van der Waals surface area (Å²) in [5.41, 5.74) is 0.388. The maximum Gasteiger partial charge on any atom is 0.418 e. The lowest BCUT2D eigenvalue weighted by molar-refractivity contribution is -0.137. The molecule has 0 spiro atoms. The first-order valence-corrected chi connectivity index (χ1v) is 8.94. The van der Waals surface area contributed by atoms with Crippen LogP contribution in [0.5, 0.6) is 5.75 Å². The first kappa shape index (κ1) is 18.3. The van der Waals surface area contributed by atoms with E-state index in [2.05, 4.69) is 4.98 Å². The van der Waals surface area contributed by atoms with Crippen molar-refractivity contribution in [2.45, 2.75) is 19.1 Å². The zero-order chi connectivity index (χ0) is 19.3. The second-order valence-electron chi connectivity index (χ2n) is 6.17. The van der Waals surface area contributed by atoms with Crippen LogP contribution in [0.3, 0.4) is 0 Å². The number of aryl methyl sites for hydroxylation is 1. The Labute approximate surface area is 163 Å². The quantitative estimate of drug-likeness (QED) is 0.520. The topological polar surface area (TPSA) is 30.3 Å². The lowest BCUT2D eigenvalue weighted by atomic mass is 10.1. The van der Waals surface area contributed by atoms with Crippen molar-refractivity contribution in [3.8, 4) is 5.75 Å². The molecule has 1 aliphatic rings. The molecule has 0 atom stereocenters. The molecular formula is C18H14Cl2F3N3O. The molecule has 0 fully saturated rings. The van der Waals surface area contributed by atoms with Crippen LogP contribution >= 0.6 is 23.2 Å². The number of halogens is 5. The summed E-state index contributed by atoms with van der Waals surface area (Å²) >= 11 is 12.1. The van der Waals surface area contributed by atoms with Crippen LogP contribution in [0, 0.1) is 0 Å². The number of anilines is 2. The van der Waals surface area contributed by atoms with Crippen LogP contribution in [0.1, 0.15) is 12.0 Å². The van der Waals surface area contributed by atoms with E-state index in [9.17, 15) is 13.2 Å². The van der Waals surface area contributed by atoms with Crippen LogP contribution in [-0.4, -0.2) is 23.2 Å². The van der Waals surface area contributed by atoms with Gasteiger partial charge in [-0.25, -0.2) is 4.98 Å². The Hall–Kier alpha value is -2.12. The van der Waals surface area contributed by atoms with Gasteiger partial charge in [0.2, 0.25) is 5.95 Å². The molecule has 1 aromatic heterocycles. The van der Waals surface area contributed by atoms with Crippen molar-refractivity contribution < 1.29 is 17.9 Å². The highest BCUT2D eigenvalue weighted by molar-refractivity contribution is 6.35. The second kappa shape index (κ2) is 6.49. The van der Waals surface area contributed by atoms with Crippen molar-refractivity contribution in [3.63, 3.8) is 0 Å². The third-order valence-electron chi connectivity index (χ3n) is 4.57. The molecule has 0 unspecified atom stereocenters. The molecule has 9 heteroatoms. The fourth-order valence-corrected chi connectivity index (χ4v) is 3.80. The summed E-state index contributed by atoms with van der Waals surface area (Å²) in [4.78, 5) is 6.10. The Bertz CT molecular complexity index is 1030. The molecule has 2 heterocycles. The Balaban J connectivity index is 1.96. The van der Waals surface area contributed by atoms with Crippen LogP contribution in [0.2, 0.25) is 10.0 Å². The third-order valence-corrected chi connectivity index (χ3v) is 5.11. The number of rotatable bonds is 2. The Morgan fingerprint density at radius 2 is 1.89 bits per heavy atom. The van der Waals surface area contributed by atoms with Crippen LogP contribution in [-0.2, 0) is 12.7 Å². The average molecular weight is 416 g/mol. The highest BCUT2D eigenvalue weighted by Crippen LogP contribution is 2.43. The molecule has 4 nitrogen and oxygen atoms in total. The van der Waals surface area contributed by atoms with Crippen LogP contribution in [0.25, 0.3) is 11.0 Å². The molecule has 142 valence electrons. The summed E-state index contributed by atoms with van der Waals surface area (Å²) in [5.74, 6) is 0.970. The van der Waals surface area contributed by atoms with E-state index in [4.69, 9.17) is 27.9 Å². The van der Waals surface area contributed by atoms with E-state index in [-0.39, 0.29) is 10.7 Å². The maximum atomic E-state index is 13.6. The molecule has 3 aromatic rings. The van der Waals surface area contributed by atoms with Gasteiger partial charge in [-0.3, -0.25) is 0 Å². The van der Waals surface area contributed by atoms with Crippen molar-refractivity contribution in [2.24, 2.45) is 0 Å². The summed E-state index contributed by atoms with van der Waals surface area (Å²) < 4.78 is 48.0. The summed E-state index contributed by atoms with van der Waals surface area (Å²) in [6.07, 6.45) is -3.89. The standard InChI is InChI=1S/C18H14Cl2F3N3O/c1-27-14-6-4-12(20)15-16(14)26-8-2-7-25(17(26)24-15)13-5-3-10(19)9-11(13)18(21,22)23/h3-6,9H,2,7-8H2,1H3. The summed E-state index contributed by atoms with van der Waals surface area (Å²) in [5, 5.41) is 0.445. The molecule has 0 saturated carbocycles. The lowest BCUT2D eigenvalue weighted by Gasteiger charge is -2.31. The van der Waals surface area contributed by atoms with Crippen LogP contribution in [0.15, 0.2) is 30.3 Å². The number of methoxy groups -OCH3 is 1. The van der Waals surface area contributed by atoms with Crippen molar-refractivity contribution >= 4 is 45.9 Å². The predicted octanol–water partition coefficient (Wildman–Crippen LogP) is 5.91. The summed E-state index contributed by atoms with van der Waals surface area (Å²) in [7, 11) is 1.53. The van der Waals surface area contributed by atoms with Crippen molar-refractivity contribution in [1.29, 1.82) is 0 Å². The van der Waals surface area contributed by atoms with E-state index in [0.29, 0.717) is 47.3 Å². The molecular weight excluding hydrogens is 402 g/mol. The maximum absolute atomic E-state index is 13.6. The zero-order valence-corrected chi connectivity index (χ0v) is 15.7. The van der Waals surface area contributed by atoms with Gasteiger partial charge in [0.1, 0.15) is 16.8 Å². The van der Waals surface area contributed by atoms with Gasteiger partial charge in [0, 0.05) is 18.1 Å². The molecule has 27 heavy (non-hydrogen) atoms. The molecule has 0 saturated heterocycles. The highest BCUT2D eigenvalue weighted by atomic mass is 35.5. The summed E-state index contributed by atoms with van der Waals surface area (Å²) in [6.45, 7) is 1.00. The average Bonchev–Trinajstić information content (AvgIpc) is 3.02. The number of fused-ring (bicyclic) bond motifs is 3. The fourth-order valence-electron chi connectivity index (χ4n) is 3.43. The molecule has 0 N–H and O–H groups in total. The van der Waals surface area contributed by atoms with Gasteiger partial charge in [0.05, 0.1) is 23.4 Å². The van der Waals surface area contributed by atoms with Gasteiger partial charge in [-0.2, -0.15) is 13.2 Å². The van der Waals surface area contributed by atoms with Crippen molar-refractivity contribution in [3.05, 3.63) is 45.9 Å². The van der Waals surface area contributed by atoms with E-state index in [1.54, 1.807) is 17.0 Å². The van der Waals surface area contributed by atoms with E-state index >= 15 is 0 Å². The highest BCUT2D eigenvalue weighted by Gasteiger charge is 2.37. The van der Waals surface area contributed by atoms with Gasteiger partial charge in [-0.05, 0) is 36.8 Å². The minimum Gasteiger partial charge on any atom is -0.494 e. The second-order valence-corrected chi connectivity index (χ2v) is 7.02. The minimum atomic E-state index is -4.54. The molecule has 4 rings (SSSR count). The Morgan fingerprint density at radius 1 is 1.11 bits per heavy atom. The number of nitrogens with zero attached hydrogens (tertiary/aromatic N) is 3. The largest absolute Gasteiger partial charge is 0.494 e. The van der Waals surface area contributed by atoms with Gasteiger partial charge in [0.25, 0.3) is 0 Å². The van der Waals surface area contributed by atoms with E-state index in [1.165, 1.54) is 19.2 Å². The minimum absolute atomic E-state index is 0.0123. The Morgan fingerprint density at radius 3 is 2.59 bits per heavy atom. The van der Waals surface area contributed by atoms with Crippen molar-refractivity contribution in [2.75, 3.05) is 18.6 Å². The third kappa shape index (κ3) is 2.99. The number of benzene rings is 2. The number of ether oxygens (including phenoxy) is 1. The van der Waals surface area contributed by atoms with Gasteiger partial charge < -0.3 is 14.2 Å². The van der Waals surface area contributed by atoms with Crippen molar-refractivity contribution in [1.82, 2.24) is 9.55 Å². The van der Waals surface area contributed by atoms with Crippen LogP contribution in [0.4, 0.5) is 24.8 Å². The monoisotopic (exact) mass is 415 g/mol. The molecule has 0 radical (unpaired) electrons. The van der Waals surface area contributed by atoms with E-state index in [0.717, 1.165) is 6.07 Å². The van der Waals surface area contributed by atoms with E-state index in [1.807, 2.05) is 4.57 Å². The molecule has 0 aliphatic carbocycles. The van der Waals surface area contributed by atoms with Gasteiger partial charge >= 0.3 is 6.18 Å². The number of hydrogen-bond donors (Lipinski definition) is 0. The van der Waals surface area contributed by atoms with E-state index < -0.39 is 11.7 Å². The Kier molecular flexibility index (Phi) is 4.39.